The molecule has 0 aromatic rings. The lowest BCUT2D eigenvalue weighted by Crippen LogP contribution is -2.39. The van der Waals surface area contributed by atoms with Crippen LogP contribution in [0.2, 0.25) is 0 Å². The monoisotopic (exact) mass is 280 g/mol. The van der Waals surface area contributed by atoms with Crippen molar-refractivity contribution in [2.24, 2.45) is 5.92 Å². The maximum Gasteiger partial charge on any atom is 0.0550 e. The van der Waals surface area contributed by atoms with Crippen molar-refractivity contribution in [2.45, 2.75) is 64.0 Å². The second-order valence-corrected chi connectivity index (χ2v) is 7.20. The summed E-state index contributed by atoms with van der Waals surface area (Å²) in [5.41, 5.74) is 0. The summed E-state index contributed by atoms with van der Waals surface area (Å²) in [4.78, 5) is 5.53. The zero-order valence-corrected chi connectivity index (χ0v) is 13.2. The summed E-state index contributed by atoms with van der Waals surface area (Å²) >= 11 is 0. The van der Waals surface area contributed by atoms with Gasteiger partial charge in [0.15, 0.2) is 0 Å². The average Bonchev–Trinajstić information content (AvgIpc) is 2.87. The number of hydrogen-bond donors (Lipinski definition) is 0. The van der Waals surface area contributed by atoms with Gasteiger partial charge in [0.1, 0.15) is 0 Å². The van der Waals surface area contributed by atoms with Gasteiger partial charge in [-0.3, -0.25) is 4.90 Å². The van der Waals surface area contributed by atoms with Crippen molar-refractivity contribution in [3.05, 3.63) is 0 Å². The van der Waals surface area contributed by atoms with Crippen LogP contribution in [-0.4, -0.2) is 61.3 Å². The van der Waals surface area contributed by atoms with Gasteiger partial charge >= 0.3 is 0 Å². The predicted molar refractivity (Wildman–Crippen MR) is 83.0 cm³/mol. The van der Waals surface area contributed by atoms with Gasteiger partial charge in [-0.05, 0) is 58.0 Å². The molecule has 0 spiro atoms. The zero-order chi connectivity index (χ0) is 13.8. The minimum atomic E-state index is 0.482. The molecule has 3 aliphatic rings. The molecule has 1 saturated carbocycles. The summed E-state index contributed by atoms with van der Waals surface area (Å²) in [6.45, 7) is 9.78. The van der Waals surface area contributed by atoms with Crippen molar-refractivity contribution >= 4 is 0 Å². The standard InChI is InChI=1S/C17H32N2O/c1-15-13-16(7-12-20-15)14-18-8-4-9-19(11-10-18)17-5-2-3-6-17/h15-17H,2-14H2,1H3. The van der Waals surface area contributed by atoms with E-state index in [1.807, 2.05) is 0 Å². The lowest BCUT2D eigenvalue weighted by atomic mass is 9.95. The Labute approximate surface area is 124 Å². The van der Waals surface area contributed by atoms with Crippen LogP contribution in [0.3, 0.4) is 0 Å². The van der Waals surface area contributed by atoms with E-state index in [4.69, 9.17) is 4.74 Å². The molecule has 3 nitrogen and oxygen atoms in total. The van der Waals surface area contributed by atoms with Crippen LogP contribution in [0.1, 0.15) is 51.9 Å². The third kappa shape index (κ3) is 3.96. The lowest BCUT2D eigenvalue weighted by molar-refractivity contribution is -0.00531. The van der Waals surface area contributed by atoms with Crippen molar-refractivity contribution in [1.29, 1.82) is 0 Å². The van der Waals surface area contributed by atoms with Gasteiger partial charge < -0.3 is 9.64 Å². The maximum absolute atomic E-state index is 5.68. The number of nitrogens with zero attached hydrogens (tertiary/aromatic N) is 2. The Hall–Kier alpha value is -0.120. The average molecular weight is 280 g/mol. The number of ether oxygens (including phenoxy) is 1. The fourth-order valence-electron chi connectivity index (χ4n) is 4.43. The summed E-state index contributed by atoms with van der Waals surface area (Å²) in [6.07, 6.45) is 10.2. The quantitative estimate of drug-likeness (QED) is 0.790. The molecule has 3 rings (SSSR count). The maximum atomic E-state index is 5.68. The third-order valence-corrected chi connectivity index (χ3v) is 5.57. The van der Waals surface area contributed by atoms with Crippen LogP contribution in [0.4, 0.5) is 0 Å². The van der Waals surface area contributed by atoms with E-state index in [1.165, 1.54) is 77.7 Å². The fourth-order valence-corrected chi connectivity index (χ4v) is 4.43. The molecule has 1 aliphatic carbocycles. The smallest absolute Gasteiger partial charge is 0.0550 e. The highest BCUT2D eigenvalue weighted by atomic mass is 16.5. The van der Waals surface area contributed by atoms with Gasteiger partial charge in [-0.1, -0.05) is 12.8 Å². The Morgan fingerprint density at radius 1 is 0.950 bits per heavy atom. The van der Waals surface area contributed by atoms with Crippen molar-refractivity contribution in [3.8, 4) is 0 Å². The molecule has 3 heteroatoms. The topological polar surface area (TPSA) is 15.7 Å². The molecule has 2 unspecified atom stereocenters. The molecule has 0 N–H and O–H groups in total. The van der Waals surface area contributed by atoms with Crippen molar-refractivity contribution in [1.82, 2.24) is 9.80 Å². The van der Waals surface area contributed by atoms with Crippen LogP contribution >= 0.6 is 0 Å². The summed E-state index contributed by atoms with van der Waals surface area (Å²) in [5, 5.41) is 0. The van der Waals surface area contributed by atoms with Crippen molar-refractivity contribution in [3.63, 3.8) is 0 Å². The van der Waals surface area contributed by atoms with Crippen LogP contribution < -0.4 is 0 Å². The van der Waals surface area contributed by atoms with Gasteiger partial charge in [-0.25, -0.2) is 0 Å². The van der Waals surface area contributed by atoms with E-state index in [2.05, 4.69) is 16.7 Å². The van der Waals surface area contributed by atoms with Crippen LogP contribution in [0.15, 0.2) is 0 Å². The summed E-state index contributed by atoms with van der Waals surface area (Å²) in [5.74, 6) is 0.872. The molecular weight excluding hydrogens is 248 g/mol. The fraction of sp³-hybridized carbons (Fsp3) is 1.00. The first-order valence-corrected chi connectivity index (χ1v) is 8.89. The Kier molecular flexibility index (Phi) is 5.36. The van der Waals surface area contributed by atoms with Gasteiger partial charge in [0.25, 0.3) is 0 Å². The highest BCUT2D eigenvalue weighted by molar-refractivity contribution is 4.81. The molecule has 0 aromatic carbocycles. The lowest BCUT2D eigenvalue weighted by Gasteiger charge is -2.32. The molecule has 2 heterocycles. The second-order valence-electron chi connectivity index (χ2n) is 7.20. The molecule has 0 aromatic heterocycles. The van der Waals surface area contributed by atoms with Crippen LogP contribution in [0.25, 0.3) is 0 Å². The minimum absolute atomic E-state index is 0.482. The molecule has 3 fully saturated rings. The van der Waals surface area contributed by atoms with Gasteiger partial charge in [-0.15, -0.1) is 0 Å². The molecule has 2 saturated heterocycles. The van der Waals surface area contributed by atoms with E-state index in [-0.39, 0.29) is 0 Å². The van der Waals surface area contributed by atoms with E-state index in [9.17, 15) is 0 Å². The molecule has 20 heavy (non-hydrogen) atoms. The largest absolute Gasteiger partial charge is 0.378 e. The van der Waals surface area contributed by atoms with Crippen molar-refractivity contribution < 1.29 is 4.74 Å². The van der Waals surface area contributed by atoms with E-state index in [1.54, 1.807) is 0 Å². The van der Waals surface area contributed by atoms with E-state index >= 15 is 0 Å². The Bertz CT molecular complexity index is 291. The minimum Gasteiger partial charge on any atom is -0.378 e. The van der Waals surface area contributed by atoms with E-state index < -0.39 is 0 Å². The van der Waals surface area contributed by atoms with E-state index in [0.717, 1.165) is 18.6 Å². The molecular formula is C17H32N2O. The first-order valence-electron chi connectivity index (χ1n) is 8.89. The summed E-state index contributed by atoms with van der Waals surface area (Å²) in [6, 6.07) is 0.915. The number of hydrogen-bond acceptors (Lipinski definition) is 3. The molecule has 0 radical (unpaired) electrons. The molecule has 0 amide bonds. The highest BCUT2D eigenvalue weighted by Crippen LogP contribution is 2.25. The first-order chi connectivity index (χ1) is 9.81. The molecule has 116 valence electrons. The van der Waals surface area contributed by atoms with Gasteiger partial charge in [0.05, 0.1) is 6.10 Å². The van der Waals surface area contributed by atoms with Crippen molar-refractivity contribution in [2.75, 3.05) is 39.3 Å². The van der Waals surface area contributed by atoms with Crippen LogP contribution in [0, 0.1) is 5.92 Å². The Balaban J connectivity index is 1.44. The van der Waals surface area contributed by atoms with Crippen LogP contribution in [0.5, 0.6) is 0 Å². The predicted octanol–water partition coefficient (Wildman–Crippen LogP) is 2.75. The van der Waals surface area contributed by atoms with Gasteiger partial charge in [0.2, 0.25) is 0 Å². The zero-order valence-electron chi connectivity index (χ0n) is 13.2. The van der Waals surface area contributed by atoms with Gasteiger partial charge in [-0.2, -0.15) is 0 Å². The summed E-state index contributed by atoms with van der Waals surface area (Å²) < 4.78 is 5.68. The third-order valence-electron chi connectivity index (χ3n) is 5.57. The Morgan fingerprint density at radius 2 is 1.80 bits per heavy atom. The van der Waals surface area contributed by atoms with Gasteiger partial charge in [0, 0.05) is 32.3 Å². The Morgan fingerprint density at radius 3 is 2.60 bits per heavy atom. The highest BCUT2D eigenvalue weighted by Gasteiger charge is 2.26. The molecule has 2 atom stereocenters. The normalized spacial score (nSPS) is 35.2. The molecule has 0 bridgehead atoms. The second kappa shape index (κ2) is 7.24. The van der Waals surface area contributed by atoms with Crippen LogP contribution in [-0.2, 0) is 4.74 Å². The molecule has 2 aliphatic heterocycles. The first kappa shape index (κ1) is 14.8. The number of rotatable bonds is 3. The summed E-state index contributed by atoms with van der Waals surface area (Å²) in [7, 11) is 0. The van der Waals surface area contributed by atoms with E-state index in [0.29, 0.717) is 6.10 Å². The SMILES string of the molecule is CC1CC(CN2CCCN(C3CCCC3)CC2)CCO1.